The quantitative estimate of drug-likeness (QED) is 0.447. The number of nitrogens with one attached hydrogen (secondary N) is 1. The van der Waals surface area contributed by atoms with Crippen LogP contribution in [-0.4, -0.2) is 23.5 Å². The number of benzene rings is 2. The van der Waals surface area contributed by atoms with Crippen LogP contribution >= 0.6 is 0 Å². The molecule has 0 atom stereocenters. The lowest BCUT2D eigenvalue weighted by Crippen LogP contribution is -1.91. The molecule has 0 aliphatic heterocycles. The van der Waals surface area contributed by atoms with E-state index >= 15 is 0 Å². The largest absolute Gasteiger partial charge is 0.504 e. The van der Waals surface area contributed by atoms with E-state index in [0.29, 0.717) is 5.56 Å². The minimum atomic E-state index is -0.173. The van der Waals surface area contributed by atoms with Crippen LogP contribution in [0, 0.1) is 0 Å². The predicted octanol–water partition coefficient (Wildman–Crippen LogP) is 2.55. The van der Waals surface area contributed by atoms with Crippen LogP contribution in [0.3, 0.4) is 0 Å². The van der Waals surface area contributed by atoms with Gasteiger partial charge in [-0.2, -0.15) is 5.10 Å². The first kappa shape index (κ1) is 12.8. The number of aromatic hydroxyl groups is 2. The van der Waals surface area contributed by atoms with Crippen LogP contribution in [0.15, 0.2) is 47.6 Å². The van der Waals surface area contributed by atoms with E-state index < -0.39 is 0 Å². The molecule has 0 saturated carbocycles. The number of hydrazone groups is 1. The highest BCUT2D eigenvalue weighted by molar-refractivity contribution is 5.81. The molecule has 0 radical (unpaired) electrons. The summed E-state index contributed by atoms with van der Waals surface area (Å²) in [5, 5.41) is 22.5. The highest BCUT2D eigenvalue weighted by Gasteiger charge is 1.98. The maximum Gasteiger partial charge on any atom is 0.158 e. The fourth-order valence-corrected chi connectivity index (χ4v) is 1.47. The van der Waals surface area contributed by atoms with E-state index in [0.717, 1.165) is 11.4 Å². The van der Waals surface area contributed by atoms with Gasteiger partial charge in [0.25, 0.3) is 0 Å². The number of phenolic OH excluding ortho intramolecular Hbond substituents is 2. The Balaban J connectivity index is 2.00. The maximum atomic E-state index is 9.33. The summed E-state index contributed by atoms with van der Waals surface area (Å²) in [4.78, 5) is 0. The van der Waals surface area contributed by atoms with Gasteiger partial charge in [0, 0.05) is 0 Å². The second-order valence-electron chi connectivity index (χ2n) is 3.85. The molecular formula is C14H14N2O3. The standard InChI is InChI=1S/C14H14N2O3/c1-19-12-5-3-11(4-6-12)16-15-9-10-2-7-13(17)14(18)8-10/h2-9,16-18H,1H3/b15-9+. The third-order valence-electron chi connectivity index (χ3n) is 2.50. The summed E-state index contributed by atoms with van der Waals surface area (Å²) in [6, 6.07) is 11.8. The van der Waals surface area contributed by atoms with E-state index in [1.807, 2.05) is 24.3 Å². The van der Waals surface area contributed by atoms with Gasteiger partial charge >= 0.3 is 0 Å². The molecule has 0 saturated heterocycles. The summed E-state index contributed by atoms with van der Waals surface area (Å²) in [6.45, 7) is 0. The van der Waals surface area contributed by atoms with Gasteiger partial charge in [-0.15, -0.1) is 0 Å². The van der Waals surface area contributed by atoms with E-state index in [-0.39, 0.29) is 11.5 Å². The van der Waals surface area contributed by atoms with E-state index in [9.17, 15) is 10.2 Å². The molecule has 0 aromatic heterocycles. The number of methoxy groups -OCH3 is 1. The van der Waals surface area contributed by atoms with Gasteiger partial charge < -0.3 is 14.9 Å². The molecule has 0 unspecified atom stereocenters. The van der Waals surface area contributed by atoms with Crippen molar-refractivity contribution < 1.29 is 14.9 Å². The first-order chi connectivity index (χ1) is 9.19. The minimum absolute atomic E-state index is 0.153. The number of nitrogens with zero attached hydrogens (tertiary/aromatic N) is 1. The van der Waals surface area contributed by atoms with Crippen LogP contribution in [0.1, 0.15) is 5.56 Å². The Morgan fingerprint density at radius 1 is 1.05 bits per heavy atom. The molecule has 0 fully saturated rings. The van der Waals surface area contributed by atoms with Crippen molar-refractivity contribution >= 4 is 11.9 Å². The summed E-state index contributed by atoms with van der Waals surface area (Å²) in [6.07, 6.45) is 1.55. The van der Waals surface area contributed by atoms with Crippen molar-refractivity contribution in [3.8, 4) is 17.2 Å². The summed E-state index contributed by atoms with van der Waals surface area (Å²) >= 11 is 0. The zero-order chi connectivity index (χ0) is 13.7. The molecule has 3 N–H and O–H groups in total. The van der Waals surface area contributed by atoms with Crippen molar-refractivity contribution in [1.82, 2.24) is 0 Å². The zero-order valence-corrected chi connectivity index (χ0v) is 10.4. The molecule has 5 heteroatoms. The van der Waals surface area contributed by atoms with E-state index in [4.69, 9.17) is 4.74 Å². The number of hydrogen-bond donors (Lipinski definition) is 3. The Morgan fingerprint density at radius 2 is 1.79 bits per heavy atom. The van der Waals surface area contributed by atoms with Crippen molar-refractivity contribution in [3.63, 3.8) is 0 Å². The van der Waals surface area contributed by atoms with Crippen molar-refractivity contribution in [1.29, 1.82) is 0 Å². The van der Waals surface area contributed by atoms with Crippen LogP contribution in [-0.2, 0) is 0 Å². The second-order valence-corrected chi connectivity index (χ2v) is 3.85. The SMILES string of the molecule is COc1ccc(N/N=C/c2ccc(O)c(O)c2)cc1. The Morgan fingerprint density at radius 3 is 2.42 bits per heavy atom. The monoisotopic (exact) mass is 258 g/mol. The Labute approximate surface area is 110 Å². The molecule has 98 valence electrons. The topological polar surface area (TPSA) is 74.1 Å². The lowest BCUT2D eigenvalue weighted by molar-refractivity contribution is 0.403. The summed E-state index contributed by atoms with van der Waals surface area (Å²) in [7, 11) is 1.61. The second kappa shape index (κ2) is 5.77. The van der Waals surface area contributed by atoms with E-state index in [1.54, 1.807) is 19.4 Å². The Kier molecular flexibility index (Phi) is 3.87. The number of ether oxygens (including phenoxy) is 1. The van der Waals surface area contributed by atoms with Gasteiger partial charge in [0.2, 0.25) is 0 Å². The van der Waals surface area contributed by atoms with Gasteiger partial charge in [0.05, 0.1) is 19.0 Å². The van der Waals surface area contributed by atoms with Gasteiger partial charge in [-0.1, -0.05) is 0 Å². The summed E-state index contributed by atoms with van der Waals surface area (Å²) in [5.74, 6) is 0.451. The van der Waals surface area contributed by atoms with Gasteiger partial charge in [-0.05, 0) is 48.0 Å². The van der Waals surface area contributed by atoms with E-state index in [1.165, 1.54) is 12.1 Å². The lowest BCUT2D eigenvalue weighted by atomic mass is 10.2. The number of phenols is 2. The van der Waals surface area contributed by atoms with Crippen molar-refractivity contribution in [3.05, 3.63) is 48.0 Å². The van der Waals surface area contributed by atoms with Crippen LogP contribution in [0.4, 0.5) is 5.69 Å². The van der Waals surface area contributed by atoms with Gasteiger partial charge in [0.15, 0.2) is 11.5 Å². The maximum absolute atomic E-state index is 9.33. The highest BCUT2D eigenvalue weighted by Crippen LogP contribution is 2.24. The highest BCUT2D eigenvalue weighted by atomic mass is 16.5. The normalized spacial score (nSPS) is 10.6. The van der Waals surface area contributed by atoms with Crippen LogP contribution < -0.4 is 10.2 Å². The van der Waals surface area contributed by atoms with Crippen molar-refractivity contribution in [2.24, 2.45) is 5.10 Å². The Bertz CT molecular complexity index is 580. The number of hydrogen-bond acceptors (Lipinski definition) is 5. The third-order valence-corrected chi connectivity index (χ3v) is 2.50. The van der Waals surface area contributed by atoms with Crippen LogP contribution in [0.25, 0.3) is 0 Å². The molecule has 2 aromatic rings. The molecule has 0 bridgehead atoms. The molecular weight excluding hydrogens is 244 g/mol. The first-order valence-electron chi connectivity index (χ1n) is 5.64. The molecule has 0 spiro atoms. The lowest BCUT2D eigenvalue weighted by Gasteiger charge is -2.02. The molecule has 19 heavy (non-hydrogen) atoms. The van der Waals surface area contributed by atoms with Crippen LogP contribution in [0.2, 0.25) is 0 Å². The molecule has 0 amide bonds. The molecule has 2 aromatic carbocycles. The smallest absolute Gasteiger partial charge is 0.158 e. The third kappa shape index (κ3) is 3.38. The molecule has 2 rings (SSSR count). The van der Waals surface area contributed by atoms with Gasteiger partial charge in [-0.25, -0.2) is 0 Å². The van der Waals surface area contributed by atoms with Crippen molar-refractivity contribution in [2.45, 2.75) is 0 Å². The Hall–Kier alpha value is -2.69. The number of rotatable bonds is 4. The predicted molar refractivity (Wildman–Crippen MR) is 74.0 cm³/mol. The first-order valence-corrected chi connectivity index (χ1v) is 5.64. The van der Waals surface area contributed by atoms with Crippen molar-refractivity contribution in [2.75, 3.05) is 12.5 Å². The number of anilines is 1. The average Bonchev–Trinajstić information content (AvgIpc) is 2.43. The molecule has 0 aliphatic rings. The molecule has 5 nitrogen and oxygen atoms in total. The van der Waals surface area contributed by atoms with Gasteiger partial charge in [-0.3, -0.25) is 5.43 Å². The van der Waals surface area contributed by atoms with Gasteiger partial charge in [0.1, 0.15) is 5.75 Å². The van der Waals surface area contributed by atoms with Crippen LogP contribution in [0.5, 0.6) is 17.2 Å². The molecule has 0 heterocycles. The van der Waals surface area contributed by atoms with E-state index in [2.05, 4.69) is 10.5 Å². The molecule has 0 aliphatic carbocycles. The fourth-order valence-electron chi connectivity index (χ4n) is 1.47. The average molecular weight is 258 g/mol. The minimum Gasteiger partial charge on any atom is -0.504 e. The summed E-state index contributed by atoms with van der Waals surface area (Å²) in [5.41, 5.74) is 4.34. The zero-order valence-electron chi connectivity index (χ0n) is 10.4. The summed E-state index contributed by atoms with van der Waals surface area (Å²) < 4.78 is 5.05. The fraction of sp³-hybridized carbons (Fsp3) is 0.0714.